The van der Waals surface area contributed by atoms with Gasteiger partial charge in [-0.25, -0.2) is 19.9 Å². The van der Waals surface area contributed by atoms with Crippen LogP contribution in [0.5, 0.6) is 5.88 Å². The molecule has 98 valence electrons. The van der Waals surface area contributed by atoms with Crippen molar-refractivity contribution in [2.45, 2.75) is 23.8 Å². The molecular formula is C13H14N4OS. The van der Waals surface area contributed by atoms with Gasteiger partial charge < -0.3 is 4.74 Å². The van der Waals surface area contributed by atoms with Crippen molar-refractivity contribution in [1.82, 2.24) is 19.9 Å². The molecule has 19 heavy (non-hydrogen) atoms. The maximum absolute atomic E-state index is 5.35. The summed E-state index contributed by atoms with van der Waals surface area (Å²) < 4.78 is 5.35. The lowest BCUT2D eigenvalue weighted by Crippen LogP contribution is -2.02. The lowest BCUT2D eigenvalue weighted by atomic mass is 10.1. The van der Waals surface area contributed by atoms with Crippen molar-refractivity contribution in [2.24, 2.45) is 0 Å². The third-order valence-corrected chi connectivity index (χ3v) is 3.71. The van der Waals surface area contributed by atoms with Gasteiger partial charge in [0.2, 0.25) is 5.88 Å². The molecule has 2 aromatic rings. The molecule has 0 aliphatic heterocycles. The molecule has 5 nitrogen and oxygen atoms in total. The van der Waals surface area contributed by atoms with Crippen LogP contribution in [0.4, 0.5) is 0 Å². The standard InChI is InChI=1S/C13H14N4OS/c1-18-13-10(11(8-3-4-8)15-7-16-13)12-14-6-5-9(17-12)19-2/h5-8H,3-4H2,1-2H3. The minimum atomic E-state index is 0.494. The van der Waals surface area contributed by atoms with Gasteiger partial charge in [0, 0.05) is 12.1 Å². The van der Waals surface area contributed by atoms with Crippen LogP contribution in [0.2, 0.25) is 0 Å². The Bertz CT molecular complexity index is 601. The molecule has 1 fully saturated rings. The Labute approximate surface area is 115 Å². The van der Waals surface area contributed by atoms with Crippen LogP contribution in [0.3, 0.4) is 0 Å². The number of ether oxygens (including phenoxy) is 1. The predicted octanol–water partition coefficient (Wildman–Crippen LogP) is 2.54. The first-order valence-corrected chi connectivity index (χ1v) is 7.32. The number of nitrogens with zero attached hydrogens (tertiary/aromatic N) is 4. The second kappa shape index (κ2) is 5.13. The maximum Gasteiger partial charge on any atom is 0.227 e. The Kier molecular flexibility index (Phi) is 3.33. The number of aromatic nitrogens is 4. The quantitative estimate of drug-likeness (QED) is 0.630. The first kappa shape index (κ1) is 12.3. The maximum atomic E-state index is 5.35. The van der Waals surface area contributed by atoms with E-state index in [1.165, 1.54) is 0 Å². The summed E-state index contributed by atoms with van der Waals surface area (Å²) in [6.07, 6.45) is 7.63. The molecule has 0 atom stereocenters. The molecule has 0 amide bonds. The summed E-state index contributed by atoms with van der Waals surface area (Å²) in [4.78, 5) is 17.5. The molecule has 1 aliphatic carbocycles. The normalized spacial score (nSPS) is 14.4. The van der Waals surface area contributed by atoms with Crippen molar-refractivity contribution in [3.8, 4) is 17.3 Å². The largest absolute Gasteiger partial charge is 0.480 e. The van der Waals surface area contributed by atoms with E-state index in [1.807, 2.05) is 12.3 Å². The van der Waals surface area contributed by atoms with Gasteiger partial charge in [-0.3, -0.25) is 0 Å². The zero-order chi connectivity index (χ0) is 13.2. The van der Waals surface area contributed by atoms with Gasteiger partial charge in [-0.05, 0) is 25.2 Å². The molecule has 0 unspecified atom stereocenters. The number of methoxy groups -OCH3 is 1. The van der Waals surface area contributed by atoms with Crippen molar-refractivity contribution in [3.05, 3.63) is 24.3 Å². The minimum absolute atomic E-state index is 0.494. The third-order valence-electron chi connectivity index (χ3n) is 3.06. The first-order valence-electron chi connectivity index (χ1n) is 6.09. The summed E-state index contributed by atoms with van der Waals surface area (Å²) in [7, 11) is 1.61. The van der Waals surface area contributed by atoms with Gasteiger partial charge in [-0.15, -0.1) is 11.8 Å². The molecule has 6 heteroatoms. The average molecular weight is 274 g/mol. The number of thioether (sulfide) groups is 1. The highest BCUT2D eigenvalue weighted by Crippen LogP contribution is 2.44. The smallest absolute Gasteiger partial charge is 0.227 e. The van der Waals surface area contributed by atoms with E-state index in [2.05, 4.69) is 19.9 Å². The van der Waals surface area contributed by atoms with Crippen molar-refractivity contribution >= 4 is 11.8 Å². The van der Waals surface area contributed by atoms with Crippen molar-refractivity contribution in [1.29, 1.82) is 0 Å². The molecule has 0 aromatic carbocycles. The summed E-state index contributed by atoms with van der Waals surface area (Å²) in [5, 5.41) is 0.928. The number of hydrogen-bond donors (Lipinski definition) is 0. The molecule has 1 aliphatic rings. The van der Waals surface area contributed by atoms with Crippen molar-refractivity contribution in [2.75, 3.05) is 13.4 Å². The molecule has 2 heterocycles. The van der Waals surface area contributed by atoms with Gasteiger partial charge in [-0.1, -0.05) is 0 Å². The molecule has 3 rings (SSSR count). The van der Waals surface area contributed by atoms with Crippen LogP contribution < -0.4 is 4.74 Å². The zero-order valence-corrected chi connectivity index (χ0v) is 11.6. The first-order chi connectivity index (χ1) is 9.33. The molecule has 0 radical (unpaired) electrons. The van der Waals surface area contributed by atoms with E-state index in [0.29, 0.717) is 17.6 Å². The molecule has 2 aromatic heterocycles. The zero-order valence-electron chi connectivity index (χ0n) is 10.8. The summed E-state index contributed by atoms with van der Waals surface area (Å²) in [5.74, 6) is 1.69. The van der Waals surface area contributed by atoms with Gasteiger partial charge >= 0.3 is 0 Å². The summed E-state index contributed by atoms with van der Waals surface area (Å²) >= 11 is 1.59. The lowest BCUT2D eigenvalue weighted by molar-refractivity contribution is 0.397. The molecule has 0 bridgehead atoms. The fourth-order valence-corrected chi connectivity index (χ4v) is 2.36. The topological polar surface area (TPSA) is 60.8 Å². The van der Waals surface area contributed by atoms with E-state index in [4.69, 9.17) is 4.74 Å². The second-order valence-corrected chi connectivity index (χ2v) is 5.17. The molecular weight excluding hydrogens is 260 g/mol. The lowest BCUT2D eigenvalue weighted by Gasteiger charge is -2.10. The number of hydrogen-bond acceptors (Lipinski definition) is 6. The van der Waals surface area contributed by atoms with E-state index in [1.54, 1.807) is 31.4 Å². The fourth-order valence-electron chi connectivity index (χ4n) is 1.99. The highest BCUT2D eigenvalue weighted by molar-refractivity contribution is 7.98. The van der Waals surface area contributed by atoms with Crippen molar-refractivity contribution < 1.29 is 4.74 Å². The van der Waals surface area contributed by atoms with Gasteiger partial charge in [0.15, 0.2) is 5.82 Å². The van der Waals surface area contributed by atoms with Gasteiger partial charge in [0.1, 0.15) is 11.9 Å². The Morgan fingerprint density at radius 3 is 2.79 bits per heavy atom. The van der Waals surface area contributed by atoms with Gasteiger partial charge in [0.05, 0.1) is 17.8 Å². The Morgan fingerprint density at radius 1 is 1.26 bits per heavy atom. The SMILES string of the molecule is COc1ncnc(C2CC2)c1-c1nccc(SC)n1. The van der Waals surface area contributed by atoms with E-state index in [0.717, 1.165) is 29.1 Å². The van der Waals surface area contributed by atoms with E-state index < -0.39 is 0 Å². The molecule has 1 saturated carbocycles. The fraction of sp³-hybridized carbons (Fsp3) is 0.385. The van der Waals surface area contributed by atoms with Crippen LogP contribution in [0.1, 0.15) is 24.5 Å². The number of rotatable bonds is 4. The van der Waals surface area contributed by atoms with Crippen molar-refractivity contribution in [3.63, 3.8) is 0 Å². The van der Waals surface area contributed by atoms with Gasteiger partial charge in [-0.2, -0.15) is 0 Å². The Balaban J connectivity index is 2.16. The van der Waals surface area contributed by atoms with Crippen LogP contribution in [0.25, 0.3) is 11.4 Å². The van der Waals surface area contributed by atoms with E-state index in [-0.39, 0.29) is 0 Å². The monoisotopic (exact) mass is 274 g/mol. The third kappa shape index (κ3) is 2.40. The van der Waals surface area contributed by atoms with Crippen LogP contribution >= 0.6 is 11.8 Å². The van der Waals surface area contributed by atoms with Crippen LogP contribution in [-0.4, -0.2) is 33.3 Å². The van der Waals surface area contributed by atoms with E-state index in [9.17, 15) is 0 Å². The Hall–Kier alpha value is -1.69. The highest BCUT2D eigenvalue weighted by atomic mass is 32.2. The Morgan fingerprint density at radius 2 is 2.11 bits per heavy atom. The van der Waals surface area contributed by atoms with E-state index >= 15 is 0 Å². The molecule has 0 saturated heterocycles. The highest BCUT2D eigenvalue weighted by Gasteiger charge is 2.31. The van der Waals surface area contributed by atoms with Gasteiger partial charge in [0.25, 0.3) is 0 Å². The summed E-state index contributed by atoms with van der Waals surface area (Å²) in [6.45, 7) is 0. The van der Waals surface area contributed by atoms with Crippen LogP contribution in [-0.2, 0) is 0 Å². The van der Waals surface area contributed by atoms with Crippen LogP contribution in [0.15, 0.2) is 23.6 Å². The second-order valence-electron chi connectivity index (χ2n) is 4.34. The predicted molar refractivity (Wildman–Crippen MR) is 73.4 cm³/mol. The summed E-state index contributed by atoms with van der Waals surface area (Å²) in [6, 6.07) is 1.89. The molecule has 0 spiro atoms. The molecule has 0 N–H and O–H groups in total. The summed E-state index contributed by atoms with van der Waals surface area (Å²) in [5.41, 5.74) is 1.84. The van der Waals surface area contributed by atoms with Crippen LogP contribution in [0, 0.1) is 0 Å². The minimum Gasteiger partial charge on any atom is -0.480 e. The average Bonchev–Trinajstić information content (AvgIpc) is 3.31.